The molecule has 6 heteroatoms. The Hall–Kier alpha value is -2.63. The minimum Gasteiger partial charge on any atom is -0.330 e. The number of aromatic nitrogens is 2. The van der Waals surface area contributed by atoms with Gasteiger partial charge in [-0.2, -0.15) is 0 Å². The first-order valence-electron chi connectivity index (χ1n) is 8.82. The van der Waals surface area contributed by atoms with E-state index in [4.69, 9.17) is 4.98 Å². The summed E-state index contributed by atoms with van der Waals surface area (Å²) >= 11 is 0. The van der Waals surface area contributed by atoms with Crippen molar-refractivity contribution in [2.75, 3.05) is 18.4 Å². The number of hydrogen-bond acceptors (Lipinski definition) is 3. The highest BCUT2D eigenvalue weighted by Crippen LogP contribution is 2.24. The summed E-state index contributed by atoms with van der Waals surface area (Å²) in [6, 6.07) is 5.81. The Kier molecular flexibility index (Phi) is 5.16. The van der Waals surface area contributed by atoms with Crippen LogP contribution in [0.25, 0.3) is 11.0 Å². The van der Waals surface area contributed by atoms with Crippen LogP contribution in [0.2, 0.25) is 0 Å². The van der Waals surface area contributed by atoms with Crippen molar-refractivity contribution in [3.05, 3.63) is 36.7 Å². The third-order valence-electron chi connectivity index (χ3n) is 4.60. The maximum atomic E-state index is 12.2. The van der Waals surface area contributed by atoms with Crippen molar-refractivity contribution in [2.45, 2.75) is 39.2 Å². The highest BCUT2D eigenvalue weighted by atomic mass is 16.2. The van der Waals surface area contributed by atoms with Gasteiger partial charge in [0, 0.05) is 25.2 Å². The van der Waals surface area contributed by atoms with E-state index in [1.165, 1.54) is 30.2 Å². The maximum Gasteiger partial charge on any atom is 0.246 e. The SMILES string of the molecule is C=CC(=O)N(CC)CC(=O)Nc1ccc2c(c1)nc1n2CCCCC1. The van der Waals surface area contributed by atoms with Crippen molar-refractivity contribution < 1.29 is 9.59 Å². The number of aryl methyl sites for hydroxylation is 2. The summed E-state index contributed by atoms with van der Waals surface area (Å²) < 4.78 is 2.29. The lowest BCUT2D eigenvalue weighted by molar-refractivity contribution is -0.130. The summed E-state index contributed by atoms with van der Waals surface area (Å²) in [6.07, 6.45) is 5.83. The van der Waals surface area contributed by atoms with E-state index in [1.807, 2.05) is 25.1 Å². The predicted molar refractivity (Wildman–Crippen MR) is 98.4 cm³/mol. The van der Waals surface area contributed by atoms with Gasteiger partial charge in [0.05, 0.1) is 11.0 Å². The second kappa shape index (κ2) is 7.51. The quantitative estimate of drug-likeness (QED) is 0.851. The van der Waals surface area contributed by atoms with Crippen molar-refractivity contribution in [1.29, 1.82) is 0 Å². The summed E-state index contributed by atoms with van der Waals surface area (Å²) in [5.74, 6) is 0.660. The van der Waals surface area contributed by atoms with Gasteiger partial charge in [-0.3, -0.25) is 9.59 Å². The number of benzene rings is 1. The number of carbonyl (C=O) groups is 2. The molecule has 0 bridgehead atoms. The molecule has 0 unspecified atom stereocenters. The number of imidazole rings is 1. The van der Waals surface area contributed by atoms with Crippen LogP contribution in [0, 0.1) is 0 Å². The van der Waals surface area contributed by atoms with E-state index >= 15 is 0 Å². The Labute approximate surface area is 147 Å². The molecule has 3 rings (SSSR count). The number of anilines is 1. The molecule has 0 atom stereocenters. The Morgan fingerprint density at radius 3 is 2.96 bits per heavy atom. The second-order valence-electron chi connectivity index (χ2n) is 6.30. The maximum absolute atomic E-state index is 12.2. The number of hydrogen-bond donors (Lipinski definition) is 1. The molecule has 1 aromatic carbocycles. The van der Waals surface area contributed by atoms with Crippen molar-refractivity contribution in [3.63, 3.8) is 0 Å². The van der Waals surface area contributed by atoms with Gasteiger partial charge in [0.15, 0.2) is 0 Å². The summed E-state index contributed by atoms with van der Waals surface area (Å²) in [5, 5.41) is 2.85. The fourth-order valence-corrected chi connectivity index (χ4v) is 3.28. The molecular weight excluding hydrogens is 316 g/mol. The number of fused-ring (bicyclic) bond motifs is 3. The first-order chi connectivity index (χ1) is 12.1. The second-order valence-corrected chi connectivity index (χ2v) is 6.30. The molecule has 2 amide bonds. The zero-order valence-corrected chi connectivity index (χ0v) is 14.6. The molecule has 0 radical (unpaired) electrons. The Bertz CT molecular complexity index is 809. The lowest BCUT2D eigenvalue weighted by atomic mass is 10.2. The molecule has 0 spiro atoms. The van der Waals surface area contributed by atoms with E-state index in [-0.39, 0.29) is 18.4 Å². The largest absolute Gasteiger partial charge is 0.330 e. The Balaban J connectivity index is 1.75. The van der Waals surface area contributed by atoms with Gasteiger partial charge in [0.2, 0.25) is 11.8 Å². The topological polar surface area (TPSA) is 67.2 Å². The molecule has 132 valence electrons. The number of carbonyl (C=O) groups excluding carboxylic acids is 2. The van der Waals surface area contributed by atoms with Crippen molar-refractivity contribution >= 4 is 28.5 Å². The van der Waals surface area contributed by atoms with E-state index in [9.17, 15) is 9.59 Å². The molecular formula is C19H24N4O2. The highest BCUT2D eigenvalue weighted by Gasteiger charge is 2.16. The van der Waals surface area contributed by atoms with Crippen molar-refractivity contribution in [3.8, 4) is 0 Å². The lowest BCUT2D eigenvalue weighted by Gasteiger charge is -2.18. The molecule has 1 aliphatic heterocycles. The first-order valence-corrected chi connectivity index (χ1v) is 8.82. The zero-order chi connectivity index (χ0) is 17.8. The van der Waals surface area contributed by atoms with Gasteiger partial charge in [0.1, 0.15) is 12.4 Å². The van der Waals surface area contributed by atoms with E-state index < -0.39 is 0 Å². The Morgan fingerprint density at radius 1 is 1.36 bits per heavy atom. The molecule has 2 aromatic rings. The third kappa shape index (κ3) is 3.73. The minimum absolute atomic E-state index is 0.0130. The lowest BCUT2D eigenvalue weighted by Crippen LogP contribution is -2.36. The van der Waals surface area contributed by atoms with Crippen molar-refractivity contribution in [1.82, 2.24) is 14.5 Å². The smallest absolute Gasteiger partial charge is 0.246 e. The molecule has 0 aliphatic carbocycles. The van der Waals surface area contributed by atoms with Gasteiger partial charge in [-0.15, -0.1) is 0 Å². The van der Waals surface area contributed by atoms with Gasteiger partial charge < -0.3 is 14.8 Å². The molecule has 1 aliphatic rings. The van der Waals surface area contributed by atoms with Crippen LogP contribution in [-0.2, 0) is 22.6 Å². The van der Waals surface area contributed by atoms with Crippen molar-refractivity contribution in [2.24, 2.45) is 0 Å². The Morgan fingerprint density at radius 2 is 2.20 bits per heavy atom. The molecule has 6 nitrogen and oxygen atoms in total. The molecule has 1 aromatic heterocycles. The van der Waals surface area contributed by atoms with E-state index in [2.05, 4.69) is 16.5 Å². The highest BCUT2D eigenvalue weighted by molar-refractivity contribution is 5.97. The van der Waals surface area contributed by atoms with E-state index in [0.717, 1.165) is 29.8 Å². The zero-order valence-electron chi connectivity index (χ0n) is 14.6. The standard InChI is InChI=1S/C19H24N4O2/c1-3-19(25)22(4-2)13-18(24)20-14-9-10-16-15(12-14)21-17-8-6-5-7-11-23(16)17/h3,9-10,12H,1,4-8,11,13H2,2H3,(H,20,24). The van der Waals surface area contributed by atoms with Crippen LogP contribution in [-0.4, -0.2) is 39.4 Å². The number of rotatable bonds is 5. The molecule has 0 saturated heterocycles. The van der Waals surface area contributed by atoms with E-state index in [0.29, 0.717) is 12.2 Å². The predicted octanol–water partition coefficient (Wildman–Crippen LogP) is 2.74. The van der Waals surface area contributed by atoms with Gasteiger partial charge in [-0.05, 0) is 44.0 Å². The number of likely N-dealkylation sites (N-methyl/N-ethyl adjacent to an activating group) is 1. The molecule has 25 heavy (non-hydrogen) atoms. The average molecular weight is 340 g/mol. The van der Waals surface area contributed by atoms with Crippen LogP contribution in [0.15, 0.2) is 30.9 Å². The summed E-state index contributed by atoms with van der Waals surface area (Å²) in [5.41, 5.74) is 2.73. The fourth-order valence-electron chi connectivity index (χ4n) is 3.28. The number of amides is 2. The molecule has 0 fully saturated rings. The third-order valence-corrected chi connectivity index (χ3v) is 4.60. The minimum atomic E-state index is -0.244. The number of nitrogens with zero attached hydrogens (tertiary/aromatic N) is 3. The van der Waals surface area contributed by atoms with Gasteiger partial charge in [-0.1, -0.05) is 13.0 Å². The van der Waals surface area contributed by atoms with Crippen LogP contribution in [0.3, 0.4) is 0 Å². The number of nitrogens with one attached hydrogen (secondary N) is 1. The average Bonchev–Trinajstić information content (AvgIpc) is 2.79. The summed E-state index contributed by atoms with van der Waals surface area (Å²) in [4.78, 5) is 30.1. The summed E-state index contributed by atoms with van der Waals surface area (Å²) in [6.45, 7) is 6.78. The monoisotopic (exact) mass is 340 g/mol. The van der Waals surface area contributed by atoms with Crippen LogP contribution in [0.1, 0.15) is 32.0 Å². The van der Waals surface area contributed by atoms with Crippen LogP contribution in [0.5, 0.6) is 0 Å². The fraction of sp³-hybridized carbons (Fsp3) is 0.421. The molecule has 1 N–H and O–H groups in total. The van der Waals surface area contributed by atoms with Crippen LogP contribution < -0.4 is 5.32 Å². The molecule has 0 saturated carbocycles. The van der Waals surface area contributed by atoms with Crippen LogP contribution in [0.4, 0.5) is 5.69 Å². The van der Waals surface area contributed by atoms with Gasteiger partial charge in [0.25, 0.3) is 0 Å². The molecule has 2 heterocycles. The summed E-state index contributed by atoms with van der Waals surface area (Å²) in [7, 11) is 0. The van der Waals surface area contributed by atoms with Gasteiger partial charge >= 0.3 is 0 Å². The normalized spacial score (nSPS) is 13.8. The first kappa shape index (κ1) is 17.2. The van der Waals surface area contributed by atoms with Crippen LogP contribution >= 0.6 is 0 Å². The van der Waals surface area contributed by atoms with Gasteiger partial charge in [-0.25, -0.2) is 4.98 Å². The van der Waals surface area contributed by atoms with E-state index in [1.54, 1.807) is 0 Å².